The average Bonchev–Trinajstić information content (AvgIpc) is 2.84. The topological polar surface area (TPSA) is 46.3 Å². The summed E-state index contributed by atoms with van der Waals surface area (Å²) in [6.45, 7) is 0. The maximum absolute atomic E-state index is 12.9. The number of hydrogen-bond acceptors (Lipinski definition) is 2. The highest BCUT2D eigenvalue weighted by Crippen LogP contribution is 2.55. The van der Waals surface area contributed by atoms with Gasteiger partial charge in [-0.15, -0.1) is 0 Å². The number of likely N-dealkylation sites (N-methyl/N-ethyl adjacent to an activating group) is 1. The Balaban J connectivity index is 1.53. The van der Waals surface area contributed by atoms with Crippen molar-refractivity contribution < 1.29 is 4.79 Å². The zero-order chi connectivity index (χ0) is 13.9. The summed E-state index contributed by atoms with van der Waals surface area (Å²) in [6, 6.07) is 0.497. The lowest BCUT2D eigenvalue weighted by Crippen LogP contribution is -2.61. The fourth-order valence-corrected chi connectivity index (χ4v) is 6.24. The summed E-state index contributed by atoms with van der Waals surface area (Å²) < 4.78 is 0. The predicted molar refractivity (Wildman–Crippen MR) is 79.0 cm³/mol. The monoisotopic (exact) mass is 276 g/mol. The van der Waals surface area contributed by atoms with Crippen molar-refractivity contribution in [1.29, 1.82) is 0 Å². The SMILES string of the molecule is CN(C(=O)C1(N)CCCC1)C1C2CC3CC(C2)CC1C3. The van der Waals surface area contributed by atoms with Gasteiger partial charge in [0.2, 0.25) is 5.91 Å². The standard InChI is InChI=1S/C17H28N2O/c1-19(16(20)17(18)4-2-3-5-17)15-13-7-11-6-12(9-13)10-14(15)8-11/h11-15H,2-10,18H2,1H3. The summed E-state index contributed by atoms with van der Waals surface area (Å²) in [5.41, 5.74) is 5.87. The van der Waals surface area contributed by atoms with Crippen LogP contribution in [0, 0.1) is 23.7 Å². The maximum atomic E-state index is 12.9. The third-order valence-corrected chi connectivity index (χ3v) is 6.87. The summed E-state index contributed by atoms with van der Waals surface area (Å²) in [4.78, 5) is 15.0. The lowest BCUT2D eigenvalue weighted by molar-refractivity contribution is -0.146. The second kappa shape index (κ2) is 4.46. The minimum atomic E-state index is -0.538. The largest absolute Gasteiger partial charge is 0.341 e. The molecule has 0 aromatic rings. The molecule has 3 nitrogen and oxygen atoms in total. The maximum Gasteiger partial charge on any atom is 0.242 e. The van der Waals surface area contributed by atoms with Crippen LogP contribution < -0.4 is 5.73 Å². The van der Waals surface area contributed by atoms with Crippen LogP contribution in [-0.2, 0) is 4.79 Å². The normalized spacial score (nSPS) is 44.8. The van der Waals surface area contributed by atoms with Gasteiger partial charge in [-0.3, -0.25) is 4.79 Å². The van der Waals surface area contributed by atoms with Crippen LogP contribution in [-0.4, -0.2) is 29.4 Å². The first kappa shape index (κ1) is 13.1. The van der Waals surface area contributed by atoms with E-state index in [4.69, 9.17) is 5.73 Å². The third-order valence-electron chi connectivity index (χ3n) is 6.87. The molecule has 20 heavy (non-hydrogen) atoms. The molecule has 5 aliphatic carbocycles. The number of amides is 1. The van der Waals surface area contributed by atoms with E-state index in [1.807, 2.05) is 7.05 Å². The Hall–Kier alpha value is -0.570. The summed E-state index contributed by atoms with van der Waals surface area (Å²) in [7, 11) is 2.04. The van der Waals surface area contributed by atoms with Crippen LogP contribution in [0.3, 0.4) is 0 Å². The molecular formula is C17H28N2O. The Morgan fingerprint density at radius 1 is 1.00 bits per heavy atom. The van der Waals surface area contributed by atoms with Crippen LogP contribution in [0.5, 0.6) is 0 Å². The van der Waals surface area contributed by atoms with Crippen LogP contribution in [0.15, 0.2) is 0 Å². The van der Waals surface area contributed by atoms with Crippen molar-refractivity contribution in [3.63, 3.8) is 0 Å². The van der Waals surface area contributed by atoms with Gasteiger partial charge in [-0.25, -0.2) is 0 Å². The van der Waals surface area contributed by atoms with E-state index >= 15 is 0 Å². The lowest BCUT2D eigenvalue weighted by Gasteiger charge is -2.57. The van der Waals surface area contributed by atoms with Crippen molar-refractivity contribution >= 4 is 5.91 Å². The van der Waals surface area contributed by atoms with Gasteiger partial charge < -0.3 is 10.6 Å². The molecule has 0 aliphatic heterocycles. The van der Waals surface area contributed by atoms with Crippen molar-refractivity contribution in [1.82, 2.24) is 4.90 Å². The van der Waals surface area contributed by atoms with Gasteiger partial charge in [0, 0.05) is 13.1 Å². The number of nitrogens with zero attached hydrogens (tertiary/aromatic N) is 1. The van der Waals surface area contributed by atoms with Gasteiger partial charge in [0.05, 0.1) is 5.54 Å². The molecule has 4 bridgehead atoms. The van der Waals surface area contributed by atoms with Gasteiger partial charge in [-0.05, 0) is 68.6 Å². The van der Waals surface area contributed by atoms with Gasteiger partial charge in [0.25, 0.3) is 0 Å². The van der Waals surface area contributed by atoms with E-state index in [1.165, 1.54) is 32.1 Å². The predicted octanol–water partition coefficient (Wildman–Crippen LogP) is 2.54. The molecule has 5 aliphatic rings. The van der Waals surface area contributed by atoms with Gasteiger partial charge in [-0.1, -0.05) is 12.8 Å². The van der Waals surface area contributed by atoms with Crippen LogP contribution in [0.2, 0.25) is 0 Å². The Kier molecular flexibility index (Phi) is 2.93. The fraction of sp³-hybridized carbons (Fsp3) is 0.941. The molecule has 0 heterocycles. The molecule has 112 valence electrons. The van der Waals surface area contributed by atoms with E-state index in [9.17, 15) is 4.79 Å². The van der Waals surface area contributed by atoms with E-state index in [-0.39, 0.29) is 5.91 Å². The molecule has 0 saturated heterocycles. The molecule has 3 heteroatoms. The minimum absolute atomic E-state index is 0.243. The number of carbonyl (C=O) groups excluding carboxylic acids is 1. The third kappa shape index (κ3) is 1.85. The molecule has 2 N–H and O–H groups in total. The molecule has 0 aromatic heterocycles. The second-order valence-corrected chi connectivity index (χ2v) is 8.20. The smallest absolute Gasteiger partial charge is 0.242 e. The van der Waals surface area contributed by atoms with E-state index in [1.54, 1.807) is 0 Å². The Bertz CT molecular complexity index is 385. The molecule has 0 unspecified atom stereocenters. The first-order valence-corrected chi connectivity index (χ1v) is 8.63. The number of hydrogen-bond donors (Lipinski definition) is 1. The molecule has 5 rings (SSSR count). The van der Waals surface area contributed by atoms with Gasteiger partial charge in [0.15, 0.2) is 0 Å². The lowest BCUT2D eigenvalue weighted by atomic mass is 9.54. The number of nitrogens with two attached hydrogens (primary N) is 1. The zero-order valence-electron chi connectivity index (χ0n) is 12.7. The van der Waals surface area contributed by atoms with Crippen LogP contribution in [0.1, 0.15) is 57.8 Å². The van der Waals surface area contributed by atoms with Crippen LogP contribution in [0.25, 0.3) is 0 Å². The van der Waals surface area contributed by atoms with E-state index < -0.39 is 5.54 Å². The Morgan fingerprint density at radius 3 is 2.00 bits per heavy atom. The Morgan fingerprint density at radius 2 is 1.50 bits per heavy atom. The van der Waals surface area contributed by atoms with E-state index in [0.717, 1.165) is 49.4 Å². The zero-order valence-corrected chi connectivity index (χ0v) is 12.7. The van der Waals surface area contributed by atoms with Crippen LogP contribution in [0.4, 0.5) is 0 Å². The van der Waals surface area contributed by atoms with E-state index in [2.05, 4.69) is 4.90 Å². The first-order valence-electron chi connectivity index (χ1n) is 8.63. The molecule has 1 amide bonds. The summed E-state index contributed by atoms with van der Waals surface area (Å²) in [5.74, 6) is 3.72. The molecule has 5 fully saturated rings. The van der Waals surface area contributed by atoms with Crippen molar-refractivity contribution in [2.45, 2.75) is 69.4 Å². The van der Waals surface area contributed by atoms with Crippen molar-refractivity contribution in [3.8, 4) is 0 Å². The highest BCUT2D eigenvalue weighted by Gasteiger charge is 2.52. The van der Waals surface area contributed by atoms with E-state index in [0.29, 0.717) is 6.04 Å². The van der Waals surface area contributed by atoms with Crippen molar-refractivity contribution in [2.75, 3.05) is 7.05 Å². The highest BCUT2D eigenvalue weighted by atomic mass is 16.2. The number of rotatable bonds is 2. The summed E-state index contributed by atoms with van der Waals surface area (Å²) in [5, 5.41) is 0. The Labute approximate surface area is 122 Å². The van der Waals surface area contributed by atoms with Crippen LogP contribution >= 0.6 is 0 Å². The molecular weight excluding hydrogens is 248 g/mol. The molecule has 0 aromatic carbocycles. The highest BCUT2D eigenvalue weighted by molar-refractivity contribution is 5.86. The quantitative estimate of drug-likeness (QED) is 0.842. The number of carbonyl (C=O) groups is 1. The van der Waals surface area contributed by atoms with Crippen molar-refractivity contribution in [2.24, 2.45) is 29.4 Å². The first-order chi connectivity index (χ1) is 9.57. The molecule has 0 radical (unpaired) electrons. The summed E-state index contributed by atoms with van der Waals surface area (Å²) >= 11 is 0. The molecule has 5 saturated carbocycles. The average molecular weight is 276 g/mol. The fourth-order valence-electron chi connectivity index (χ4n) is 6.24. The summed E-state index contributed by atoms with van der Waals surface area (Å²) in [6.07, 6.45) is 11.0. The molecule has 0 atom stereocenters. The van der Waals surface area contributed by atoms with Gasteiger partial charge in [0.1, 0.15) is 0 Å². The second-order valence-electron chi connectivity index (χ2n) is 8.20. The van der Waals surface area contributed by atoms with Gasteiger partial charge in [-0.2, -0.15) is 0 Å². The van der Waals surface area contributed by atoms with Crippen molar-refractivity contribution in [3.05, 3.63) is 0 Å². The minimum Gasteiger partial charge on any atom is -0.341 e. The van der Waals surface area contributed by atoms with Gasteiger partial charge >= 0.3 is 0 Å². The molecule has 0 spiro atoms.